The van der Waals surface area contributed by atoms with Crippen molar-refractivity contribution in [2.75, 3.05) is 0 Å². The lowest BCUT2D eigenvalue weighted by Crippen LogP contribution is -2.38. The zero-order valence-corrected chi connectivity index (χ0v) is 26.9. The molecule has 0 radical (unpaired) electrons. The van der Waals surface area contributed by atoms with Gasteiger partial charge in [0.15, 0.2) is 4.80 Å². The van der Waals surface area contributed by atoms with Crippen molar-refractivity contribution in [2.45, 2.75) is 25.5 Å². The van der Waals surface area contributed by atoms with Crippen LogP contribution in [0.1, 0.15) is 40.3 Å². The van der Waals surface area contributed by atoms with Gasteiger partial charge in [-0.2, -0.15) is 0 Å². The maximum absolute atomic E-state index is 14.1. The SMILES string of the molecule is O=c1/c(=C\c2cc(Br)c(OCc3ccccc3)c(Br)c2)sc2n1[C@@H](c1ccc(Cl)cc1)C1=C(N=2)c2ccccc2CC1. The highest BCUT2D eigenvalue weighted by Crippen LogP contribution is 2.41. The van der Waals surface area contributed by atoms with Crippen LogP contribution >= 0.6 is 54.8 Å². The zero-order chi connectivity index (χ0) is 28.8. The van der Waals surface area contributed by atoms with Gasteiger partial charge in [-0.25, -0.2) is 4.99 Å². The lowest BCUT2D eigenvalue weighted by Gasteiger charge is -2.30. The highest BCUT2D eigenvalue weighted by molar-refractivity contribution is 9.11. The first-order valence-corrected chi connectivity index (χ1v) is 16.3. The van der Waals surface area contributed by atoms with Crippen LogP contribution in [0, 0.1) is 0 Å². The summed E-state index contributed by atoms with van der Waals surface area (Å²) in [5.41, 5.74) is 7.52. The molecule has 0 bridgehead atoms. The molecule has 2 aliphatic rings. The first-order chi connectivity index (χ1) is 20.5. The lowest BCUT2D eigenvalue weighted by atomic mass is 9.83. The van der Waals surface area contributed by atoms with Crippen molar-refractivity contribution < 1.29 is 4.74 Å². The number of hydrogen-bond acceptors (Lipinski definition) is 4. The summed E-state index contributed by atoms with van der Waals surface area (Å²) in [6, 6.07) is 30.0. The zero-order valence-electron chi connectivity index (χ0n) is 22.2. The third kappa shape index (κ3) is 5.13. The number of halogens is 3. The summed E-state index contributed by atoms with van der Waals surface area (Å²) < 4.78 is 10.2. The van der Waals surface area contributed by atoms with Crippen molar-refractivity contribution in [3.63, 3.8) is 0 Å². The lowest BCUT2D eigenvalue weighted by molar-refractivity contribution is 0.302. The number of rotatable bonds is 5. The average Bonchev–Trinajstić information content (AvgIpc) is 3.30. The van der Waals surface area contributed by atoms with E-state index in [4.69, 9.17) is 21.3 Å². The highest BCUT2D eigenvalue weighted by Gasteiger charge is 2.32. The molecule has 208 valence electrons. The number of hydrogen-bond donors (Lipinski definition) is 0. The van der Waals surface area contributed by atoms with E-state index in [0.29, 0.717) is 26.7 Å². The minimum absolute atomic E-state index is 0.0549. The second kappa shape index (κ2) is 11.5. The van der Waals surface area contributed by atoms with Gasteiger partial charge in [0, 0.05) is 10.6 Å². The molecule has 0 N–H and O–H groups in total. The molecule has 5 aromatic rings. The Kier molecular flexibility index (Phi) is 7.53. The molecule has 0 fully saturated rings. The molecule has 1 aliphatic carbocycles. The van der Waals surface area contributed by atoms with Crippen molar-refractivity contribution in [2.24, 2.45) is 4.99 Å². The van der Waals surface area contributed by atoms with Crippen LogP contribution < -0.4 is 19.6 Å². The fourth-order valence-corrected chi connectivity index (χ4v) is 8.23. The van der Waals surface area contributed by atoms with Crippen LogP contribution in [0.5, 0.6) is 5.75 Å². The van der Waals surface area contributed by atoms with Gasteiger partial charge in [-0.05, 0) is 103 Å². The van der Waals surface area contributed by atoms with Crippen molar-refractivity contribution >= 4 is 66.6 Å². The Labute approximate surface area is 268 Å². The van der Waals surface area contributed by atoms with E-state index in [1.165, 1.54) is 22.5 Å². The van der Waals surface area contributed by atoms with E-state index in [-0.39, 0.29) is 11.6 Å². The van der Waals surface area contributed by atoms with E-state index < -0.39 is 0 Å². The minimum atomic E-state index is -0.240. The van der Waals surface area contributed by atoms with Gasteiger partial charge in [0.1, 0.15) is 12.4 Å². The quantitative estimate of drug-likeness (QED) is 0.185. The van der Waals surface area contributed by atoms with Crippen molar-refractivity contribution in [3.05, 3.63) is 158 Å². The van der Waals surface area contributed by atoms with Crippen LogP contribution in [0.2, 0.25) is 5.02 Å². The highest BCUT2D eigenvalue weighted by atomic mass is 79.9. The fraction of sp³-hybridized carbons (Fsp3) is 0.118. The topological polar surface area (TPSA) is 43.6 Å². The first-order valence-electron chi connectivity index (χ1n) is 13.5. The van der Waals surface area contributed by atoms with Crippen LogP contribution in [0.4, 0.5) is 0 Å². The summed E-state index contributed by atoms with van der Waals surface area (Å²) in [4.78, 5) is 19.9. The molecule has 0 saturated heterocycles. The first kappa shape index (κ1) is 27.6. The minimum Gasteiger partial charge on any atom is -0.487 e. The Hall–Kier alpha value is -3.23. The number of thiazole rings is 1. The molecule has 2 heterocycles. The molecule has 1 aliphatic heterocycles. The molecule has 1 aromatic heterocycles. The summed E-state index contributed by atoms with van der Waals surface area (Å²) in [5.74, 6) is 0.714. The van der Waals surface area contributed by atoms with Gasteiger partial charge >= 0.3 is 0 Å². The molecule has 4 nitrogen and oxygen atoms in total. The smallest absolute Gasteiger partial charge is 0.271 e. The number of ether oxygens (including phenoxy) is 1. The summed E-state index contributed by atoms with van der Waals surface area (Å²) >= 11 is 15.0. The Morgan fingerprint density at radius 1 is 0.952 bits per heavy atom. The van der Waals surface area contributed by atoms with Crippen LogP contribution in [-0.4, -0.2) is 4.57 Å². The Bertz CT molecular complexity index is 2030. The summed E-state index contributed by atoms with van der Waals surface area (Å²) in [7, 11) is 0. The van der Waals surface area contributed by atoms with E-state index in [1.54, 1.807) is 0 Å². The molecule has 1 atom stereocenters. The monoisotopic (exact) mass is 716 g/mol. The van der Waals surface area contributed by atoms with Gasteiger partial charge in [0.2, 0.25) is 0 Å². The molecule has 7 rings (SSSR count). The van der Waals surface area contributed by atoms with Gasteiger partial charge in [-0.3, -0.25) is 9.36 Å². The summed E-state index contributed by atoms with van der Waals surface area (Å²) in [6.45, 7) is 0.453. The van der Waals surface area contributed by atoms with E-state index in [2.05, 4.69) is 56.1 Å². The largest absolute Gasteiger partial charge is 0.487 e. The summed E-state index contributed by atoms with van der Waals surface area (Å²) in [6.07, 6.45) is 3.69. The van der Waals surface area contributed by atoms with Gasteiger partial charge in [-0.15, -0.1) is 0 Å². The van der Waals surface area contributed by atoms with Gasteiger partial charge in [0.05, 0.1) is 25.2 Å². The predicted octanol–water partition coefficient (Wildman–Crippen LogP) is 8.08. The Balaban J connectivity index is 1.33. The predicted molar refractivity (Wildman–Crippen MR) is 177 cm³/mol. The Morgan fingerprint density at radius 3 is 2.43 bits per heavy atom. The van der Waals surface area contributed by atoms with Gasteiger partial charge < -0.3 is 4.74 Å². The van der Waals surface area contributed by atoms with Crippen LogP contribution in [0.25, 0.3) is 11.8 Å². The standard InChI is InChI=1S/C34H23Br2ClN2O2S/c35-27-16-21(17-28(36)32(27)41-19-20-6-2-1-3-7-20)18-29-33(40)39-31(23-10-13-24(37)14-11-23)26-15-12-22-8-4-5-9-25(22)30(26)38-34(39)42-29/h1-11,13-14,16-18,31H,12,15,19H2/b29-18+/t31-/m0/s1. The number of aromatic nitrogens is 1. The maximum Gasteiger partial charge on any atom is 0.271 e. The molecular weight excluding hydrogens is 696 g/mol. The van der Waals surface area contributed by atoms with Crippen molar-refractivity contribution in [1.82, 2.24) is 4.57 Å². The molecule has 0 amide bonds. The maximum atomic E-state index is 14.1. The molecule has 8 heteroatoms. The second-order valence-electron chi connectivity index (χ2n) is 10.3. The van der Waals surface area contributed by atoms with E-state index in [9.17, 15) is 4.79 Å². The number of nitrogens with zero attached hydrogens (tertiary/aromatic N) is 2. The number of benzene rings is 4. The number of fused-ring (bicyclic) bond motifs is 3. The molecular formula is C34H23Br2ClN2O2S. The van der Waals surface area contributed by atoms with E-state index >= 15 is 0 Å². The number of allylic oxidation sites excluding steroid dienone is 1. The molecule has 0 unspecified atom stereocenters. The molecule has 0 saturated carbocycles. The third-order valence-corrected chi connectivity index (χ3v) is 10.0. The number of aryl methyl sites for hydroxylation is 1. The second-order valence-corrected chi connectivity index (χ2v) is 13.4. The van der Waals surface area contributed by atoms with Crippen molar-refractivity contribution in [1.29, 1.82) is 0 Å². The fourth-order valence-electron chi connectivity index (χ4n) is 5.65. The molecule has 42 heavy (non-hydrogen) atoms. The summed E-state index contributed by atoms with van der Waals surface area (Å²) in [5, 5.41) is 0.668. The van der Waals surface area contributed by atoms with Crippen LogP contribution in [0.15, 0.2) is 115 Å². The van der Waals surface area contributed by atoms with Crippen LogP contribution in [0.3, 0.4) is 0 Å². The van der Waals surface area contributed by atoms with Gasteiger partial charge in [-0.1, -0.05) is 89.7 Å². The molecule has 0 spiro atoms. The van der Waals surface area contributed by atoms with E-state index in [1.807, 2.05) is 77.4 Å². The Morgan fingerprint density at radius 2 is 1.67 bits per heavy atom. The normalized spacial score (nSPS) is 16.0. The van der Waals surface area contributed by atoms with Gasteiger partial charge in [0.25, 0.3) is 5.56 Å². The molecule has 4 aromatic carbocycles. The average molecular weight is 719 g/mol. The van der Waals surface area contributed by atoms with E-state index in [0.717, 1.165) is 49.7 Å². The van der Waals surface area contributed by atoms with Crippen molar-refractivity contribution in [3.8, 4) is 5.75 Å². The third-order valence-electron chi connectivity index (χ3n) is 7.60. The van der Waals surface area contributed by atoms with Crippen LogP contribution in [-0.2, 0) is 13.0 Å².